The topological polar surface area (TPSA) is 3.24 Å². The molecule has 0 aliphatic heterocycles. The second kappa shape index (κ2) is 13.9. The molecule has 83 valence electrons. The Morgan fingerprint density at radius 1 is 1.21 bits per heavy atom. The van der Waals surface area contributed by atoms with Crippen molar-refractivity contribution in [1.29, 1.82) is 0 Å². The molecule has 0 amide bonds. The van der Waals surface area contributed by atoms with Crippen LogP contribution in [0.3, 0.4) is 0 Å². The molecule has 0 heterocycles. The van der Waals surface area contributed by atoms with Gasteiger partial charge in [0, 0.05) is 0 Å². The van der Waals surface area contributed by atoms with Gasteiger partial charge in [-0.05, 0) is 14.1 Å². The molecule has 1 aromatic rings. The minimum absolute atomic E-state index is 0.889. The summed E-state index contributed by atoms with van der Waals surface area (Å²) in [4.78, 5) is 2.01. The van der Waals surface area contributed by atoms with Crippen LogP contribution >= 0.6 is 27.9 Å². The average molecular weight is 291 g/mol. The van der Waals surface area contributed by atoms with Gasteiger partial charge in [0.05, 0.1) is 0 Å². The Labute approximate surface area is 105 Å². The zero-order chi connectivity index (χ0) is 11.4. The molecular weight excluding hydrogens is 276 g/mol. The number of rotatable bonds is 1. The molecule has 1 aromatic carbocycles. The van der Waals surface area contributed by atoms with E-state index in [1.807, 2.05) is 49.3 Å². The smallest absolute Gasteiger partial charge is 0.172 e. The minimum atomic E-state index is -1.92. The van der Waals surface area contributed by atoms with Crippen LogP contribution in [0.1, 0.15) is 0 Å². The maximum Gasteiger partial charge on any atom is -0.172 e. The van der Waals surface area contributed by atoms with Gasteiger partial charge in [-0.3, -0.25) is 0 Å². The van der Waals surface area contributed by atoms with E-state index < -0.39 is 14.7 Å². The first-order valence-electron chi connectivity index (χ1n) is 3.94. The molecule has 0 saturated carbocycles. The van der Waals surface area contributed by atoms with Crippen LogP contribution in [-0.2, 0) is 14.7 Å². The van der Waals surface area contributed by atoms with Gasteiger partial charge in [-0.2, -0.15) is 18.2 Å². The molecule has 0 unspecified atom stereocenters. The number of halogens is 3. The van der Waals surface area contributed by atoms with Gasteiger partial charge in [0.25, 0.3) is 0 Å². The third-order valence-corrected chi connectivity index (χ3v) is 1.00. The van der Waals surface area contributed by atoms with Gasteiger partial charge in [-0.25, -0.2) is 12.1 Å². The molecule has 0 aliphatic rings. The summed E-state index contributed by atoms with van der Waals surface area (Å²) >= 11 is -1.92. The average Bonchev–Trinajstić information content (AvgIpc) is 2.59. The van der Waals surface area contributed by atoms with Crippen LogP contribution in [0.2, 0.25) is 0 Å². The standard InChI is InChI=1S/C5H5.C4H10N.3ClH.Ti/c1-2-4-5-3-1;1-4-5(2)3;;;;/h1-5H;1,4H2,2-3H3;3*1H;/q2*-1;;;;+3/p-3. The largest absolute Gasteiger partial charge is 0.214 e. The van der Waals surface area contributed by atoms with Crippen LogP contribution in [0.4, 0.5) is 0 Å². The number of hydrogen-bond donors (Lipinski definition) is 0. The monoisotopic (exact) mass is 290 g/mol. The van der Waals surface area contributed by atoms with Crippen LogP contribution in [0.25, 0.3) is 0 Å². The number of nitrogens with zero attached hydrogens (tertiary/aromatic N) is 1. The molecular formula is C9H15Cl3NTi-2. The zero-order valence-corrected chi connectivity index (χ0v) is 12.2. The molecule has 0 fully saturated rings. The van der Waals surface area contributed by atoms with Gasteiger partial charge in [-0.15, -0.1) is 6.54 Å². The maximum atomic E-state index is 4.97. The van der Waals surface area contributed by atoms with Gasteiger partial charge in [0.1, 0.15) is 0 Å². The van der Waals surface area contributed by atoms with Crippen molar-refractivity contribution in [2.45, 2.75) is 0 Å². The fourth-order valence-electron chi connectivity index (χ4n) is 0.321. The summed E-state index contributed by atoms with van der Waals surface area (Å²) in [5.41, 5.74) is 0. The van der Waals surface area contributed by atoms with Crippen LogP contribution in [0.5, 0.6) is 0 Å². The zero-order valence-electron chi connectivity index (χ0n) is 8.38. The van der Waals surface area contributed by atoms with Crippen molar-refractivity contribution in [2.75, 3.05) is 20.6 Å². The summed E-state index contributed by atoms with van der Waals surface area (Å²) in [6, 6.07) is 10.0. The Morgan fingerprint density at radius 3 is 1.57 bits per heavy atom. The fraction of sp³-hybridized carbons (Fsp3) is 0.333. The molecule has 0 atom stereocenters. The third kappa shape index (κ3) is 29.3. The van der Waals surface area contributed by atoms with E-state index in [2.05, 4.69) is 6.92 Å². The molecule has 0 spiro atoms. The van der Waals surface area contributed by atoms with Gasteiger partial charge in [-0.1, -0.05) is 0 Å². The van der Waals surface area contributed by atoms with Gasteiger partial charge >= 0.3 is 42.6 Å². The summed E-state index contributed by atoms with van der Waals surface area (Å²) in [6.07, 6.45) is 0. The van der Waals surface area contributed by atoms with Crippen LogP contribution in [0, 0.1) is 6.92 Å². The van der Waals surface area contributed by atoms with E-state index in [0.29, 0.717) is 0 Å². The predicted molar refractivity (Wildman–Crippen MR) is 63.5 cm³/mol. The molecule has 0 bridgehead atoms. The van der Waals surface area contributed by atoms with Gasteiger partial charge in [0.2, 0.25) is 0 Å². The molecule has 0 radical (unpaired) electrons. The van der Waals surface area contributed by atoms with Crippen molar-refractivity contribution in [3.63, 3.8) is 0 Å². The van der Waals surface area contributed by atoms with E-state index in [4.69, 9.17) is 27.9 Å². The van der Waals surface area contributed by atoms with E-state index in [1.165, 1.54) is 0 Å². The molecule has 0 aromatic heterocycles. The molecule has 1 nitrogen and oxygen atoms in total. The Hall–Kier alpha value is 0.894. The summed E-state index contributed by atoms with van der Waals surface area (Å²) in [6.45, 7) is 4.50. The van der Waals surface area contributed by atoms with Crippen molar-refractivity contribution in [3.05, 3.63) is 37.3 Å². The van der Waals surface area contributed by atoms with Crippen LogP contribution in [0.15, 0.2) is 30.3 Å². The maximum absolute atomic E-state index is 4.97. The first-order valence-corrected chi connectivity index (χ1v) is 10.4. The van der Waals surface area contributed by atoms with E-state index in [1.54, 1.807) is 0 Å². The molecule has 0 N–H and O–H groups in total. The predicted octanol–water partition coefficient (Wildman–Crippen LogP) is 3.85. The van der Waals surface area contributed by atoms with Crippen molar-refractivity contribution < 1.29 is 14.7 Å². The Bertz CT molecular complexity index is 147. The second-order valence-electron chi connectivity index (χ2n) is 2.48. The van der Waals surface area contributed by atoms with E-state index in [9.17, 15) is 0 Å². The first kappa shape index (κ1) is 17.3. The van der Waals surface area contributed by atoms with Crippen molar-refractivity contribution >= 4 is 27.9 Å². The van der Waals surface area contributed by atoms with Crippen LogP contribution in [-0.4, -0.2) is 25.5 Å². The molecule has 1 rings (SSSR count). The number of hydrogen-bond acceptors (Lipinski definition) is 1. The Balaban J connectivity index is 0. The van der Waals surface area contributed by atoms with Crippen molar-refractivity contribution in [3.8, 4) is 0 Å². The molecule has 14 heavy (non-hydrogen) atoms. The van der Waals surface area contributed by atoms with Gasteiger partial charge < -0.3 is 11.8 Å². The summed E-state index contributed by atoms with van der Waals surface area (Å²) in [5, 5.41) is 0. The minimum Gasteiger partial charge on any atom is -0.214 e. The quantitative estimate of drug-likeness (QED) is 0.561. The van der Waals surface area contributed by atoms with Gasteiger partial charge in [0.15, 0.2) is 0 Å². The summed E-state index contributed by atoms with van der Waals surface area (Å²) < 4.78 is 0. The Kier molecular flexibility index (Phi) is 17.2. The second-order valence-corrected chi connectivity index (χ2v) is 10.2. The molecule has 0 saturated heterocycles. The van der Waals surface area contributed by atoms with E-state index in [-0.39, 0.29) is 0 Å². The summed E-state index contributed by atoms with van der Waals surface area (Å²) in [7, 11) is 18.9. The fourth-order valence-corrected chi connectivity index (χ4v) is 0.321. The Morgan fingerprint density at radius 2 is 1.50 bits per heavy atom. The van der Waals surface area contributed by atoms with Crippen molar-refractivity contribution in [2.24, 2.45) is 0 Å². The molecule has 5 heteroatoms. The van der Waals surface area contributed by atoms with Crippen LogP contribution < -0.4 is 0 Å². The van der Waals surface area contributed by atoms with E-state index >= 15 is 0 Å². The summed E-state index contributed by atoms with van der Waals surface area (Å²) in [5.74, 6) is 0. The normalized spacial score (nSPS) is 8.21. The molecule has 0 aliphatic carbocycles. The SMILES string of the molecule is [CH2-]CN(C)C.[Cl][Ti]([Cl])[Cl].c1cc[cH-]c1. The van der Waals surface area contributed by atoms with E-state index in [0.717, 1.165) is 6.54 Å². The third-order valence-electron chi connectivity index (χ3n) is 1.00. The van der Waals surface area contributed by atoms with Crippen molar-refractivity contribution in [1.82, 2.24) is 4.90 Å². The first-order chi connectivity index (χ1) is 6.50.